The molecule has 0 aliphatic rings. The number of nitroso groups, excluding NO2 is 1. The summed E-state index contributed by atoms with van der Waals surface area (Å²) < 4.78 is 0. The third kappa shape index (κ3) is 1.21. The van der Waals surface area contributed by atoms with Crippen molar-refractivity contribution in [3.8, 4) is 0 Å². The molecule has 1 N–H and O–H groups in total. The van der Waals surface area contributed by atoms with Gasteiger partial charge in [0, 0.05) is 18.6 Å². The lowest BCUT2D eigenvalue weighted by molar-refractivity contribution is 1.37. The molecule has 0 spiro atoms. The first-order valence-corrected chi connectivity index (χ1v) is 4.25. The number of fused-ring (bicyclic) bond motifs is 1. The molecule has 0 bridgehead atoms. The van der Waals surface area contributed by atoms with Crippen LogP contribution >= 0.6 is 0 Å². The van der Waals surface area contributed by atoms with E-state index in [4.69, 9.17) is 0 Å². The standard InChI is InChI=1S/C10H9N3O/c1-11-8-5-4-7-3-2-6-12-9(7)10(8)13-14/h2-6,11H,1H3. The van der Waals surface area contributed by atoms with Crippen LogP contribution in [0.1, 0.15) is 0 Å². The molecule has 1 aromatic carbocycles. The maximum atomic E-state index is 10.7. The summed E-state index contributed by atoms with van der Waals surface area (Å²) in [6.45, 7) is 0. The maximum absolute atomic E-state index is 10.7. The molecule has 2 rings (SSSR count). The minimum absolute atomic E-state index is 0.366. The van der Waals surface area contributed by atoms with Crippen molar-refractivity contribution in [1.29, 1.82) is 0 Å². The Morgan fingerprint density at radius 1 is 1.36 bits per heavy atom. The number of aromatic nitrogens is 1. The molecule has 0 saturated carbocycles. The van der Waals surface area contributed by atoms with Crippen LogP contribution < -0.4 is 5.32 Å². The Balaban J connectivity index is 2.83. The number of hydrogen-bond acceptors (Lipinski definition) is 4. The highest BCUT2D eigenvalue weighted by Crippen LogP contribution is 2.31. The summed E-state index contributed by atoms with van der Waals surface area (Å²) >= 11 is 0. The fourth-order valence-electron chi connectivity index (χ4n) is 1.42. The largest absolute Gasteiger partial charge is 0.386 e. The lowest BCUT2D eigenvalue weighted by Gasteiger charge is -2.04. The summed E-state index contributed by atoms with van der Waals surface area (Å²) in [5, 5.41) is 6.82. The zero-order valence-corrected chi connectivity index (χ0v) is 7.69. The summed E-state index contributed by atoms with van der Waals surface area (Å²) in [6, 6.07) is 7.45. The Morgan fingerprint density at radius 3 is 2.93 bits per heavy atom. The number of nitrogens with zero attached hydrogens (tertiary/aromatic N) is 2. The SMILES string of the molecule is CNc1ccc2cccnc2c1N=O. The van der Waals surface area contributed by atoms with Crippen LogP contribution in [-0.4, -0.2) is 12.0 Å². The van der Waals surface area contributed by atoms with Gasteiger partial charge in [0.1, 0.15) is 5.52 Å². The van der Waals surface area contributed by atoms with Crippen LogP contribution in [0.2, 0.25) is 0 Å². The van der Waals surface area contributed by atoms with E-state index in [-0.39, 0.29) is 0 Å². The molecule has 1 aromatic heterocycles. The van der Waals surface area contributed by atoms with Crippen molar-refractivity contribution in [1.82, 2.24) is 4.98 Å². The molecule has 0 unspecified atom stereocenters. The van der Waals surface area contributed by atoms with Gasteiger partial charge in [-0.1, -0.05) is 12.1 Å². The Hall–Kier alpha value is -1.97. The van der Waals surface area contributed by atoms with Crippen LogP contribution in [0.15, 0.2) is 35.6 Å². The molecular formula is C10H9N3O. The van der Waals surface area contributed by atoms with Gasteiger partial charge in [0.25, 0.3) is 0 Å². The maximum Gasteiger partial charge on any atom is 0.157 e. The first-order chi connectivity index (χ1) is 6.86. The Morgan fingerprint density at radius 2 is 2.21 bits per heavy atom. The van der Waals surface area contributed by atoms with Crippen LogP contribution in [-0.2, 0) is 0 Å². The molecule has 0 radical (unpaired) electrons. The lowest BCUT2D eigenvalue weighted by Crippen LogP contribution is -1.89. The van der Waals surface area contributed by atoms with E-state index < -0.39 is 0 Å². The highest BCUT2D eigenvalue weighted by molar-refractivity contribution is 5.95. The van der Waals surface area contributed by atoms with Gasteiger partial charge in [0.15, 0.2) is 5.69 Å². The summed E-state index contributed by atoms with van der Waals surface area (Å²) in [6.07, 6.45) is 1.65. The van der Waals surface area contributed by atoms with Crippen molar-refractivity contribution in [3.63, 3.8) is 0 Å². The number of nitrogens with one attached hydrogen (secondary N) is 1. The number of benzene rings is 1. The molecule has 0 aliphatic carbocycles. The molecule has 0 fully saturated rings. The van der Waals surface area contributed by atoms with Crippen LogP contribution in [0.4, 0.5) is 11.4 Å². The quantitative estimate of drug-likeness (QED) is 0.735. The molecule has 0 atom stereocenters. The second-order valence-corrected chi connectivity index (χ2v) is 2.88. The molecule has 0 saturated heterocycles. The molecular weight excluding hydrogens is 178 g/mol. The molecule has 1 heterocycles. The van der Waals surface area contributed by atoms with Gasteiger partial charge in [-0.2, -0.15) is 0 Å². The molecule has 0 amide bonds. The van der Waals surface area contributed by atoms with E-state index in [1.807, 2.05) is 24.3 Å². The Bertz CT molecular complexity index is 482. The fraction of sp³-hybridized carbons (Fsp3) is 0.100. The summed E-state index contributed by atoms with van der Waals surface area (Å²) in [5.74, 6) is 0. The molecule has 14 heavy (non-hydrogen) atoms. The minimum atomic E-state index is 0.366. The van der Waals surface area contributed by atoms with Crippen molar-refractivity contribution >= 4 is 22.3 Å². The van der Waals surface area contributed by atoms with Crippen molar-refractivity contribution in [2.75, 3.05) is 12.4 Å². The van der Waals surface area contributed by atoms with Gasteiger partial charge in [-0.05, 0) is 17.3 Å². The van der Waals surface area contributed by atoms with Crippen molar-refractivity contribution in [2.24, 2.45) is 5.18 Å². The second kappa shape index (κ2) is 3.41. The molecule has 0 aliphatic heterocycles. The van der Waals surface area contributed by atoms with Crippen LogP contribution in [0.3, 0.4) is 0 Å². The van der Waals surface area contributed by atoms with Gasteiger partial charge >= 0.3 is 0 Å². The van der Waals surface area contributed by atoms with Crippen LogP contribution in [0.5, 0.6) is 0 Å². The van der Waals surface area contributed by atoms with Gasteiger partial charge < -0.3 is 5.32 Å². The second-order valence-electron chi connectivity index (χ2n) is 2.88. The van der Waals surface area contributed by atoms with Gasteiger partial charge in [0.05, 0.1) is 5.69 Å². The smallest absolute Gasteiger partial charge is 0.157 e. The van der Waals surface area contributed by atoms with Crippen LogP contribution in [0, 0.1) is 4.91 Å². The van der Waals surface area contributed by atoms with Gasteiger partial charge in [-0.15, -0.1) is 4.91 Å². The highest BCUT2D eigenvalue weighted by Gasteiger charge is 2.07. The van der Waals surface area contributed by atoms with Crippen LogP contribution in [0.25, 0.3) is 10.9 Å². The van der Waals surface area contributed by atoms with Crippen molar-refractivity contribution in [3.05, 3.63) is 35.4 Å². The predicted molar refractivity (Wildman–Crippen MR) is 56.7 cm³/mol. The first-order valence-electron chi connectivity index (χ1n) is 4.25. The topological polar surface area (TPSA) is 54.4 Å². The predicted octanol–water partition coefficient (Wildman–Crippen LogP) is 2.67. The number of hydrogen-bond donors (Lipinski definition) is 1. The highest BCUT2D eigenvalue weighted by atomic mass is 16.3. The van der Waals surface area contributed by atoms with Gasteiger partial charge in [0.2, 0.25) is 0 Å². The molecule has 4 nitrogen and oxygen atoms in total. The molecule has 70 valence electrons. The van der Waals surface area contributed by atoms with E-state index in [9.17, 15) is 4.91 Å². The summed E-state index contributed by atoms with van der Waals surface area (Å²) in [5.41, 5.74) is 1.70. The van der Waals surface area contributed by atoms with E-state index >= 15 is 0 Å². The van der Waals surface area contributed by atoms with E-state index in [1.165, 1.54) is 0 Å². The van der Waals surface area contributed by atoms with Crippen molar-refractivity contribution in [2.45, 2.75) is 0 Å². The average Bonchev–Trinajstić information content (AvgIpc) is 2.27. The Kier molecular flexibility index (Phi) is 2.10. The third-order valence-corrected chi connectivity index (χ3v) is 2.11. The molecule has 2 aromatic rings. The zero-order chi connectivity index (χ0) is 9.97. The summed E-state index contributed by atoms with van der Waals surface area (Å²) in [7, 11) is 1.75. The monoisotopic (exact) mass is 187 g/mol. The van der Waals surface area contributed by atoms with E-state index in [1.54, 1.807) is 13.2 Å². The fourth-order valence-corrected chi connectivity index (χ4v) is 1.42. The first kappa shape index (κ1) is 8.62. The van der Waals surface area contributed by atoms with Gasteiger partial charge in [-0.25, -0.2) is 0 Å². The third-order valence-electron chi connectivity index (χ3n) is 2.11. The Labute approximate surface area is 80.9 Å². The number of pyridine rings is 1. The normalized spacial score (nSPS) is 10.1. The van der Waals surface area contributed by atoms with E-state index in [2.05, 4.69) is 15.5 Å². The minimum Gasteiger partial charge on any atom is -0.386 e. The summed E-state index contributed by atoms with van der Waals surface area (Å²) in [4.78, 5) is 14.8. The number of anilines is 1. The van der Waals surface area contributed by atoms with E-state index in [0.29, 0.717) is 16.9 Å². The zero-order valence-electron chi connectivity index (χ0n) is 7.69. The lowest BCUT2D eigenvalue weighted by atomic mass is 10.1. The van der Waals surface area contributed by atoms with Gasteiger partial charge in [-0.3, -0.25) is 4.98 Å². The number of rotatable bonds is 2. The molecule has 4 heteroatoms. The average molecular weight is 187 g/mol. The van der Waals surface area contributed by atoms with Crippen molar-refractivity contribution < 1.29 is 0 Å². The van der Waals surface area contributed by atoms with E-state index in [0.717, 1.165) is 5.39 Å².